The summed E-state index contributed by atoms with van der Waals surface area (Å²) < 4.78 is 75.0. The molecule has 2 atom stereocenters. The number of primary amides is 1. The highest BCUT2D eigenvalue weighted by Gasteiger charge is 2.44. The molecule has 0 radical (unpaired) electrons. The maximum absolute atomic E-state index is 14.2. The SMILES string of the molecule is COc1c(N2CC(OC(F)(F)F)CC2C(=O)Nc2ccnc(C(N)=O)c2)ccc(F)c1F. The molecule has 2 heterocycles. The van der Waals surface area contributed by atoms with Gasteiger partial charge in [-0.25, -0.2) is 4.39 Å². The lowest BCUT2D eigenvalue weighted by molar-refractivity contribution is -0.339. The van der Waals surface area contributed by atoms with Crippen LogP contribution in [0, 0.1) is 11.6 Å². The summed E-state index contributed by atoms with van der Waals surface area (Å²) in [5.41, 5.74) is 4.97. The zero-order chi connectivity index (χ0) is 23.6. The maximum Gasteiger partial charge on any atom is 0.522 e. The van der Waals surface area contributed by atoms with Gasteiger partial charge in [0.25, 0.3) is 5.91 Å². The highest BCUT2D eigenvalue weighted by molar-refractivity contribution is 5.99. The van der Waals surface area contributed by atoms with Crippen molar-refractivity contribution in [2.75, 3.05) is 23.9 Å². The first-order valence-electron chi connectivity index (χ1n) is 9.10. The van der Waals surface area contributed by atoms with Gasteiger partial charge in [-0.2, -0.15) is 4.39 Å². The molecule has 32 heavy (non-hydrogen) atoms. The summed E-state index contributed by atoms with van der Waals surface area (Å²) >= 11 is 0. The normalized spacial score (nSPS) is 18.5. The minimum Gasteiger partial charge on any atom is -0.491 e. The number of amides is 2. The number of hydrogen-bond acceptors (Lipinski definition) is 6. The van der Waals surface area contributed by atoms with Gasteiger partial charge in [-0.3, -0.25) is 19.3 Å². The van der Waals surface area contributed by atoms with Crippen LogP contribution in [-0.4, -0.2) is 49.0 Å². The molecule has 2 aromatic rings. The topological polar surface area (TPSA) is 107 Å². The number of anilines is 2. The third-order valence-electron chi connectivity index (χ3n) is 4.69. The Bertz CT molecular complexity index is 1030. The number of carbonyl (C=O) groups is 2. The van der Waals surface area contributed by atoms with E-state index >= 15 is 0 Å². The Hall–Kier alpha value is -3.48. The van der Waals surface area contributed by atoms with Gasteiger partial charge in [-0.05, 0) is 24.3 Å². The number of pyridine rings is 1. The van der Waals surface area contributed by atoms with E-state index in [-0.39, 0.29) is 17.1 Å². The fourth-order valence-corrected chi connectivity index (χ4v) is 3.40. The van der Waals surface area contributed by atoms with Gasteiger partial charge >= 0.3 is 6.36 Å². The lowest BCUT2D eigenvalue weighted by Gasteiger charge is -2.27. The van der Waals surface area contributed by atoms with Gasteiger partial charge in [0.2, 0.25) is 11.7 Å². The molecule has 1 aromatic heterocycles. The van der Waals surface area contributed by atoms with Crippen LogP contribution in [0.15, 0.2) is 30.5 Å². The number of halogens is 5. The van der Waals surface area contributed by atoms with Gasteiger partial charge in [0, 0.05) is 24.8 Å². The van der Waals surface area contributed by atoms with Crippen LogP contribution < -0.4 is 20.7 Å². The second-order valence-electron chi connectivity index (χ2n) is 6.79. The van der Waals surface area contributed by atoms with Crippen molar-refractivity contribution in [1.82, 2.24) is 4.98 Å². The van der Waals surface area contributed by atoms with Crippen molar-refractivity contribution in [1.29, 1.82) is 0 Å². The Morgan fingerprint density at radius 2 is 1.97 bits per heavy atom. The number of nitrogens with zero attached hydrogens (tertiary/aromatic N) is 2. The number of carbonyl (C=O) groups excluding carboxylic acids is 2. The lowest BCUT2D eigenvalue weighted by atomic mass is 10.1. The summed E-state index contributed by atoms with van der Waals surface area (Å²) in [7, 11) is 1.05. The molecule has 0 aliphatic carbocycles. The summed E-state index contributed by atoms with van der Waals surface area (Å²) in [5.74, 6) is -4.80. The maximum atomic E-state index is 14.2. The number of benzene rings is 1. The van der Waals surface area contributed by atoms with Crippen LogP contribution in [0.25, 0.3) is 0 Å². The second kappa shape index (κ2) is 8.94. The van der Waals surface area contributed by atoms with Crippen LogP contribution in [0.2, 0.25) is 0 Å². The Morgan fingerprint density at radius 3 is 2.59 bits per heavy atom. The molecule has 0 bridgehead atoms. The van der Waals surface area contributed by atoms with E-state index in [4.69, 9.17) is 10.5 Å². The predicted octanol–water partition coefficient (Wildman–Crippen LogP) is 2.59. The molecule has 8 nitrogen and oxygen atoms in total. The van der Waals surface area contributed by atoms with E-state index in [1.54, 1.807) is 0 Å². The van der Waals surface area contributed by atoms with Gasteiger partial charge in [0.1, 0.15) is 11.7 Å². The van der Waals surface area contributed by atoms with Crippen LogP contribution in [0.4, 0.5) is 33.3 Å². The minimum absolute atomic E-state index is 0.108. The molecule has 172 valence electrons. The molecule has 3 N–H and O–H groups in total. The van der Waals surface area contributed by atoms with Gasteiger partial charge < -0.3 is 20.7 Å². The summed E-state index contributed by atoms with van der Waals surface area (Å²) in [6, 6.07) is 3.10. The van der Waals surface area contributed by atoms with E-state index in [2.05, 4.69) is 15.0 Å². The smallest absolute Gasteiger partial charge is 0.491 e. The van der Waals surface area contributed by atoms with E-state index in [1.165, 1.54) is 18.3 Å². The fourth-order valence-electron chi connectivity index (χ4n) is 3.40. The van der Waals surface area contributed by atoms with Crippen molar-refractivity contribution in [2.24, 2.45) is 5.73 Å². The summed E-state index contributed by atoms with van der Waals surface area (Å²) in [6.07, 6.45) is -5.65. The number of ether oxygens (including phenoxy) is 2. The fraction of sp³-hybridized carbons (Fsp3) is 0.316. The summed E-state index contributed by atoms with van der Waals surface area (Å²) in [5, 5.41) is 2.45. The monoisotopic (exact) mass is 460 g/mol. The molecule has 13 heteroatoms. The molecule has 1 aromatic carbocycles. The Labute approximate surface area is 178 Å². The average molecular weight is 460 g/mol. The van der Waals surface area contributed by atoms with Crippen molar-refractivity contribution in [3.8, 4) is 5.75 Å². The average Bonchev–Trinajstić information content (AvgIpc) is 3.12. The molecule has 3 rings (SSSR count). The molecule has 1 fully saturated rings. The van der Waals surface area contributed by atoms with Gasteiger partial charge in [0.15, 0.2) is 11.6 Å². The molecule has 1 aliphatic rings. The summed E-state index contributed by atoms with van der Waals surface area (Å²) in [4.78, 5) is 29.0. The third kappa shape index (κ3) is 5.04. The number of methoxy groups -OCH3 is 1. The van der Waals surface area contributed by atoms with Crippen LogP contribution >= 0.6 is 0 Å². The van der Waals surface area contributed by atoms with Gasteiger partial charge in [-0.1, -0.05) is 0 Å². The molecule has 0 saturated carbocycles. The quantitative estimate of drug-likeness (QED) is 0.642. The molecule has 0 spiro atoms. The summed E-state index contributed by atoms with van der Waals surface area (Å²) in [6.45, 7) is -0.456. The highest BCUT2D eigenvalue weighted by atomic mass is 19.4. The van der Waals surface area contributed by atoms with Crippen molar-refractivity contribution >= 4 is 23.2 Å². The first-order valence-corrected chi connectivity index (χ1v) is 9.10. The Morgan fingerprint density at radius 1 is 1.25 bits per heavy atom. The first kappa shape index (κ1) is 23.2. The Kier molecular flexibility index (Phi) is 6.48. The van der Waals surface area contributed by atoms with Crippen LogP contribution in [0.5, 0.6) is 5.75 Å². The van der Waals surface area contributed by atoms with Gasteiger partial charge in [0.05, 0.1) is 18.9 Å². The van der Waals surface area contributed by atoms with Crippen molar-refractivity contribution in [3.05, 3.63) is 47.8 Å². The predicted molar refractivity (Wildman–Crippen MR) is 101 cm³/mol. The van der Waals surface area contributed by atoms with Crippen LogP contribution in [-0.2, 0) is 9.53 Å². The Balaban J connectivity index is 1.93. The van der Waals surface area contributed by atoms with Crippen molar-refractivity contribution in [2.45, 2.75) is 24.9 Å². The molecular formula is C19H17F5N4O4. The van der Waals surface area contributed by atoms with Crippen LogP contribution in [0.3, 0.4) is 0 Å². The zero-order valence-electron chi connectivity index (χ0n) is 16.5. The first-order chi connectivity index (χ1) is 15.0. The number of alkyl halides is 3. The van der Waals surface area contributed by atoms with Crippen molar-refractivity contribution < 1.29 is 41.0 Å². The van der Waals surface area contributed by atoms with Crippen molar-refractivity contribution in [3.63, 3.8) is 0 Å². The lowest BCUT2D eigenvalue weighted by Crippen LogP contribution is -2.40. The molecule has 1 aliphatic heterocycles. The highest BCUT2D eigenvalue weighted by Crippen LogP contribution is 2.38. The number of nitrogens with two attached hydrogens (primary N) is 1. The van der Waals surface area contributed by atoms with E-state index in [0.717, 1.165) is 24.1 Å². The van der Waals surface area contributed by atoms with E-state index in [9.17, 15) is 31.5 Å². The van der Waals surface area contributed by atoms with Crippen LogP contribution in [0.1, 0.15) is 16.9 Å². The number of hydrogen-bond donors (Lipinski definition) is 2. The van der Waals surface area contributed by atoms with E-state index < -0.39 is 60.7 Å². The molecule has 1 saturated heterocycles. The molecule has 2 amide bonds. The number of aromatic nitrogens is 1. The largest absolute Gasteiger partial charge is 0.522 e. The zero-order valence-corrected chi connectivity index (χ0v) is 16.5. The third-order valence-corrected chi connectivity index (χ3v) is 4.69. The van der Waals surface area contributed by atoms with Gasteiger partial charge in [-0.15, -0.1) is 13.2 Å². The number of rotatable bonds is 6. The molecular weight excluding hydrogens is 443 g/mol. The van der Waals surface area contributed by atoms with E-state index in [0.29, 0.717) is 0 Å². The minimum atomic E-state index is -4.97. The second-order valence-corrected chi connectivity index (χ2v) is 6.79. The molecule has 2 unspecified atom stereocenters. The standard InChI is InChI=1S/C19H17F5N4O4/c1-31-16-13(3-2-11(20)15(16)21)28-8-10(32-19(22,23)24)7-14(28)18(30)27-9-4-5-26-12(6-9)17(25)29/h2-6,10,14H,7-8H2,1H3,(H2,25,29)(H,26,27,30). The van der Waals surface area contributed by atoms with E-state index in [1.807, 2.05) is 0 Å². The number of nitrogens with one attached hydrogen (secondary N) is 1.